The number of alkyl carbamates (subject to hydrolysis) is 1. The Morgan fingerprint density at radius 2 is 2.18 bits per heavy atom. The summed E-state index contributed by atoms with van der Waals surface area (Å²) in [5, 5.41) is 10.9. The lowest BCUT2D eigenvalue weighted by atomic mass is 10.1. The Bertz CT molecular complexity index is 406. The van der Waals surface area contributed by atoms with Crippen molar-refractivity contribution in [3.63, 3.8) is 0 Å². The van der Waals surface area contributed by atoms with E-state index in [-0.39, 0.29) is 19.8 Å². The van der Waals surface area contributed by atoms with Crippen LogP contribution >= 0.6 is 0 Å². The summed E-state index contributed by atoms with van der Waals surface area (Å²) in [4.78, 5) is 22.0. The summed E-state index contributed by atoms with van der Waals surface area (Å²) in [6, 6.07) is 6.61. The minimum absolute atomic E-state index is 0.0485. The van der Waals surface area contributed by atoms with Crippen LogP contribution in [0.25, 0.3) is 0 Å². The fourth-order valence-corrected chi connectivity index (χ4v) is 1.20. The van der Waals surface area contributed by atoms with Gasteiger partial charge in [-0.2, -0.15) is 0 Å². The molecule has 92 valence electrons. The van der Waals surface area contributed by atoms with Crippen molar-refractivity contribution in [3.8, 4) is 0 Å². The Balaban J connectivity index is 2.49. The lowest BCUT2D eigenvalue weighted by Gasteiger charge is -2.06. The molecule has 0 aliphatic rings. The Labute approximate surface area is 98.4 Å². The van der Waals surface area contributed by atoms with Crippen molar-refractivity contribution in [2.75, 3.05) is 13.2 Å². The third kappa shape index (κ3) is 4.52. The molecule has 0 aliphatic carbocycles. The van der Waals surface area contributed by atoms with Crippen LogP contribution in [-0.2, 0) is 11.3 Å². The molecule has 0 fully saturated rings. The van der Waals surface area contributed by atoms with Gasteiger partial charge < -0.3 is 20.9 Å². The summed E-state index contributed by atoms with van der Waals surface area (Å²) in [6.45, 7) is -0.0386. The quantitative estimate of drug-likeness (QED) is 0.672. The molecule has 0 heterocycles. The molecule has 0 unspecified atom stereocenters. The lowest BCUT2D eigenvalue weighted by Crippen LogP contribution is -2.25. The van der Waals surface area contributed by atoms with Gasteiger partial charge in [-0.05, 0) is 17.7 Å². The van der Waals surface area contributed by atoms with Crippen LogP contribution < -0.4 is 11.1 Å². The molecule has 2 amide bonds. The molecule has 0 saturated carbocycles. The number of ether oxygens (including phenoxy) is 1. The maximum Gasteiger partial charge on any atom is 0.407 e. The largest absolute Gasteiger partial charge is 0.447 e. The summed E-state index contributed by atoms with van der Waals surface area (Å²) in [7, 11) is 0. The number of amides is 2. The lowest BCUT2D eigenvalue weighted by molar-refractivity contribution is 0.1000. The Morgan fingerprint density at radius 3 is 2.82 bits per heavy atom. The van der Waals surface area contributed by atoms with Crippen molar-refractivity contribution in [3.05, 3.63) is 35.4 Å². The zero-order chi connectivity index (χ0) is 12.7. The van der Waals surface area contributed by atoms with E-state index in [0.29, 0.717) is 5.56 Å². The van der Waals surface area contributed by atoms with Crippen LogP contribution in [0.4, 0.5) is 4.79 Å². The van der Waals surface area contributed by atoms with Gasteiger partial charge in [0.05, 0.1) is 6.61 Å². The predicted octanol–water partition coefficient (Wildman–Crippen LogP) is 0.00400. The Kier molecular flexibility index (Phi) is 4.96. The second kappa shape index (κ2) is 6.49. The predicted molar refractivity (Wildman–Crippen MR) is 60.2 cm³/mol. The molecule has 17 heavy (non-hydrogen) atoms. The number of nitrogens with one attached hydrogen (secondary N) is 1. The van der Waals surface area contributed by atoms with E-state index in [4.69, 9.17) is 10.8 Å². The van der Waals surface area contributed by atoms with E-state index >= 15 is 0 Å². The molecule has 6 nitrogen and oxygen atoms in total. The second-order valence-corrected chi connectivity index (χ2v) is 3.28. The maximum absolute atomic E-state index is 11.1. The van der Waals surface area contributed by atoms with E-state index in [2.05, 4.69) is 10.1 Å². The summed E-state index contributed by atoms with van der Waals surface area (Å²) in [5.74, 6) is -0.519. The minimum Gasteiger partial charge on any atom is -0.447 e. The van der Waals surface area contributed by atoms with Crippen LogP contribution in [-0.4, -0.2) is 30.3 Å². The van der Waals surface area contributed by atoms with Gasteiger partial charge in [-0.25, -0.2) is 4.79 Å². The van der Waals surface area contributed by atoms with Gasteiger partial charge in [0.15, 0.2) is 0 Å². The highest BCUT2D eigenvalue weighted by Gasteiger charge is 2.04. The number of hydrogen-bond acceptors (Lipinski definition) is 4. The van der Waals surface area contributed by atoms with E-state index in [9.17, 15) is 9.59 Å². The van der Waals surface area contributed by atoms with Crippen molar-refractivity contribution in [1.29, 1.82) is 0 Å². The van der Waals surface area contributed by atoms with Crippen molar-refractivity contribution in [2.45, 2.75) is 6.54 Å². The zero-order valence-corrected chi connectivity index (χ0v) is 9.18. The minimum atomic E-state index is -0.622. The van der Waals surface area contributed by atoms with Gasteiger partial charge in [-0.1, -0.05) is 12.1 Å². The highest BCUT2D eigenvalue weighted by molar-refractivity contribution is 5.92. The topological polar surface area (TPSA) is 102 Å². The molecule has 1 aromatic rings. The van der Waals surface area contributed by atoms with Crippen LogP contribution in [0, 0.1) is 0 Å². The van der Waals surface area contributed by atoms with Gasteiger partial charge in [-0.15, -0.1) is 0 Å². The van der Waals surface area contributed by atoms with E-state index in [0.717, 1.165) is 5.56 Å². The number of carbonyl (C=O) groups is 2. The standard InChI is InChI=1S/C11H14N2O4/c12-10(15)9-3-1-2-8(6-9)7-13-11(16)17-5-4-14/h1-3,6,14H,4-5,7H2,(H2,12,15)(H,13,16). The highest BCUT2D eigenvalue weighted by atomic mass is 16.6. The first-order valence-corrected chi connectivity index (χ1v) is 5.03. The van der Waals surface area contributed by atoms with Crippen LogP contribution in [0.1, 0.15) is 15.9 Å². The molecule has 6 heteroatoms. The van der Waals surface area contributed by atoms with Crippen molar-refractivity contribution in [1.82, 2.24) is 5.32 Å². The zero-order valence-electron chi connectivity index (χ0n) is 9.18. The Morgan fingerprint density at radius 1 is 1.41 bits per heavy atom. The highest BCUT2D eigenvalue weighted by Crippen LogP contribution is 2.04. The number of benzene rings is 1. The molecule has 1 rings (SSSR count). The molecule has 1 aromatic carbocycles. The smallest absolute Gasteiger partial charge is 0.407 e. The fraction of sp³-hybridized carbons (Fsp3) is 0.273. The van der Waals surface area contributed by atoms with Gasteiger partial charge in [-0.3, -0.25) is 4.79 Å². The molecule has 0 radical (unpaired) electrons. The average Bonchev–Trinajstić information content (AvgIpc) is 2.34. The van der Waals surface area contributed by atoms with E-state index in [1.54, 1.807) is 24.3 Å². The van der Waals surface area contributed by atoms with Gasteiger partial charge in [0.1, 0.15) is 6.61 Å². The maximum atomic E-state index is 11.1. The molecule has 0 bridgehead atoms. The molecule has 0 atom stereocenters. The van der Waals surface area contributed by atoms with Crippen LogP contribution in [0.5, 0.6) is 0 Å². The Hall–Kier alpha value is -2.08. The molecule has 0 aromatic heterocycles. The molecular weight excluding hydrogens is 224 g/mol. The molecular formula is C11H14N2O4. The van der Waals surface area contributed by atoms with Crippen molar-refractivity contribution >= 4 is 12.0 Å². The van der Waals surface area contributed by atoms with Crippen LogP contribution in [0.3, 0.4) is 0 Å². The molecule has 0 saturated heterocycles. The van der Waals surface area contributed by atoms with Gasteiger partial charge in [0.2, 0.25) is 5.91 Å². The number of aliphatic hydroxyl groups is 1. The first-order valence-electron chi connectivity index (χ1n) is 5.03. The first-order chi connectivity index (χ1) is 8.13. The SMILES string of the molecule is NC(=O)c1cccc(CNC(=O)OCCO)c1. The van der Waals surface area contributed by atoms with Crippen LogP contribution in [0.15, 0.2) is 24.3 Å². The van der Waals surface area contributed by atoms with E-state index < -0.39 is 12.0 Å². The summed E-state index contributed by atoms with van der Waals surface area (Å²) in [6.07, 6.45) is -0.622. The van der Waals surface area contributed by atoms with Crippen molar-refractivity contribution < 1.29 is 19.4 Å². The van der Waals surface area contributed by atoms with Gasteiger partial charge >= 0.3 is 6.09 Å². The van der Waals surface area contributed by atoms with Crippen molar-refractivity contribution in [2.24, 2.45) is 5.73 Å². The fourth-order valence-electron chi connectivity index (χ4n) is 1.20. The summed E-state index contributed by atoms with van der Waals surface area (Å²) in [5.41, 5.74) is 6.25. The third-order valence-corrected chi connectivity index (χ3v) is 1.97. The van der Waals surface area contributed by atoms with Gasteiger partial charge in [0, 0.05) is 12.1 Å². The number of primary amides is 1. The molecule has 0 spiro atoms. The average molecular weight is 238 g/mol. The number of aliphatic hydroxyl groups excluding tert-OH is 1. The number of nitrogens with two attached hydrogens (primary N) is 1. The molecule has 0 aliphatic heterocycles. The van der Waals surface area contributed by atoms with Gasteiger partial charge in [0.25, 0.3) is 0 Å². The third-order valence-electron chi connectivity index (χ3n) is 1.97. The monoisotopic (exact) mass is 238 g/mol. The van der Waals surface area contributed by atoms with E-state index in [1.807, 2.05) is 0 Å². The summed E-state index contributed by atoms with van der Waals surface area (Å²) < 4.78 is 4.60. The normalized spacial score (nSPS) is 9.71. The molecule has 4 N–H and O–H groups in total. The first kappa shape index (κ1) is 13.0. The van der Waals surface area contributed by atoms with Crippen LogP contribution in [0.2, 0.25) is 0 Å². The second-order valence-electron chi connectivity index (χ2n) is 3.28. The van der Waals surface area contributed by atoms with E-state index in [1.165, 1.54) is 0 Å². The number of hydrogen-bond donors (Lipinski definition) is 3. The summed E-state index contributed by atoms with van der Waals surface area (Å²) >= 11 is 0. The number of rotatable bonds is 5. The number of carbonyl (C=O) groups excluding carboxylic acids is 2.